The van der Waals surface area contributed by atoms with Crippen LogP contribution in [0.3, 0.4) is 0 Å². The summed E-state index contributed by atoms with van der Waals surface area (Å²) in [5.74, 6) is -1.12. The lowest BCUT2D eigenvalue weighted by Gasteiger charge is -2.41. The Balaban J connectivity index is 1.73. The van der Waals surface area contributed by atoms with Crippen molar-refractivity contribution >= 4 is 21.7 Å². The van der Waals surface area contributed by atoms with Gasteiger partial charge in [-0.2, -0.15) is 26.3 Å². The van der Waals surface area contributed by atoms with Crippen molar-refractivity contribution in [2.24, 2.45) is 11.3 Å². The number of hydrogen-bond donors (Lipinski definition) is 0. The molecule has 6 nitrogen and oxygen atoms in total. The summed E-state index contributed by atoms with van der Waals surface area (Å²) in [4.78, 5) is 28.2. The average Bonchev–Trinajstić information content (AvgIpc) is 3.46. The van der Waals surface area contributed by atoms with E-state index in [0.717, 1.165) is 12.1 Å². The Bertz CT molecular complexity index is 1610. The van der Waals surface area contributed by atoms with Gasteiger partial charge in [-0.15, -0.1) is 0 Å². The fourth-order valence-electron chi connectivity index (χ4n) is 6.91. The second-order valence-electron chi connectivity index (χ2n) is 14.0. The fourth-order valence-corrected chi connectivity index (χ4v) is 9.09. The molecule has 1 unspecified atom stereocenters. The third kappa shape index (κ3) is 6.57. The molecule has 4 rings (SSSR count). The standard InChI is InChI=1S/C34H40F7NO5S/c1-6-30(16-14-23(15-17-30)27(43)47-29(3,4)5)28(44)42-19-18-31(21-42,48(45,46)26-9-7-8-22(2)20-26)24-10-12-25(13-11-24)32(35,33(36,37)38)34(39,40)41/h7-13,20,23H,6,14-19,21H2,1-5H3/t23-,30-,31?. The molecule has 2 aromatic rings. The first-order chi connectivity index (χ1) is 21.9. The van der Waals surface area contributed by atoms with E-state index in [1.54, 1.807) is 33.8 Å². The molecule has 2 aliphatic rings. The number of halogens is 7. The fraction of sp³-hybridized carbons (Fsp3) is 0.588. The number of amides is 1. The average molecular weight is 708 g/mol. The molecular formula is C34H40F7NO5S. The maximum absolute atomic E-state index is 14.8. The molecule has 14 heteroatoms. The van der Waals surface area contributed by atoms with E-state index in [1.807, 2.05) is 6.92 Å². The van der Waals surface area contributed by atoms with Gasteiger partial charge in [0.2, 0.25) is 5.91 Å². The molecule has 1 saturated carbocycles. The Hall–Kier alpha value is -3.16. The van der Waals surface area contributed by atoms with E-state index in [-0.39, 0.29) is 35.3 Å². The van der Waals surface area contributed by atoms with E-state index >= 15 is 0 Å². The number of benzene rings is 2. The number of esters is 1. The highest BCUT2D eigenvalue weighted by Gasteiger charge is 2.73. The molecule has 0 aromatic heterocycles. The van der Waals surface area contributed by atoms with Gasteiger partial charge in [-0.3, -0.25) is 9.59 Å². The summed E-state index contributed by atoms with van der Waals surface area (Å²) in [5.41, 5.74) is -8.63. The summed E-state index contributed by atoms with van der Waals surface area (Å²) in [6.45, 7) is 8.24. The van der Waals surface area contributed by atoms with Gasteiger partial charge in [0.05, 0.1) is 10.8 Å². The van der Waals surface area contributed by atoms with E-state index in [4.69, 9.17) is 4.74 Å². The smallest absolute Gasteiger partial charge is 0.435 e. The van der Waals surface area contributed by atoms with Crippen molar-refractivity contribution < 1.29 is 53.5 Å². The minimum atomic E-state index is -6.34. The van der Waals surface area contributed by atoms with Gasteiger partial charge in [0.1, 0.15) is 10.3 Å². The van der Waals surface area contributed by atoms with Crippen LogP contribution in [0.4, 0.5) is 30.7 Å². The van der Waals surface area contributed by atoms with Crippen LogP contribution in [0.5, 0.6) is 0 Å². The Morgan fingerprint density at radius 1 is 0.896 bits per heavy atom. The molecule has 0 bridgehead atoms. The number of hydrogen-bond acceptors (Lipinski definition) is 5. The summed E-state index contributed by atoms with van der Waals surface area (Å²) in [7, 11) is -4.44. The lowest BCUT2D eigenvalue weighted by molar-refractivity contribution is -0.348. The predicted octanol–water partition coefficient (Wildman–Crippen LogP) is 8.11. The number of alkyl halides is 7. The van der Waals surface area contributed by atoms with Crippen LogP contribution < -0.4 is 0 Å². The zero-order valence-electron chi connectivity index (χ0n) is 27.4. The summed E-state index contributed by atoms with van der Waals surface area (Å²) < 4.78 is 128. The molecule has 1 atom stereocenters. The molecule has 266 valence electrons. The Morgan fingerprint density at radius 3 is 1.94 bits per heavy atom. The van der Waals surface area contributed by atoms with Gasteiger partial charge < -0.3 is 9.64 Å². The molecule has 0 radical (unpaired) electrons. The van der Waals surface area contributed by atoms with E-state index in [9.17, 15) is 48.7 Å². The number of carbonyl (C=O) groups excluding carboxylic acids is 2. The van der Waals surface area contributed by atoms with Crippen molar-refractivity contribution in [2.75, 3.05) is 13.1 Å². The molecule has 2 aromatic carbocycles. The van der Waals surface area contributed by atoms with Crippen molar-refractivity contribution in [1.29, 1.82) is 0 Å². The Kier molecular flexibility index (Phi) is 9.90. The van der Waals surface area contributed by atoms with Crippen LogP contribution in [0.1, 0.15) is 82.9 Å². The normalized spacial score (nSPS) is 24.4. The zero-order chi connectivity index (χ0) is 36.1. The summed E-state index contributed by atoms with van der Waals surface area (Å²) in [5, 5.41) is 0. The third-order valence-corrected chi connectivity index (χ3v) is 12.2. The molecule has 0 N–H and O–H groups in total. The number of likely N-dealkylation sites (tertiary alicyclic amines) is 1. The molecular weight excluding hydrogens is 667 g/mol. The van der Waals surface area contributed by atoms with Crippen molar-refractivity contribution in [3.05, 3.63) is 65.2 Å². The minimum Gasteiger partial charge on any atom is -0.460 e. The van der Waals surface area contributed by atoms with E-state index < -0.39 is 61.6 Å². The zero-order valence-corrected chi connectivity index (χ0v) is 28.2. The topological polar surface area (TPSA) is 80.8 Å². The van der Waals surface area contributed by atoms with Crippen LogP contribution in [0.15, 0.2) is 53.4 Å². The van der Waals surface area contributed by atoms with Crippen molar-refractivity contribution in [2.45, 2.75) is 106 Å². The first-order valence-electron chi connectivity index (χ1n) is 15.7. The highest BCUT2D eigenvalue weighted by molar-refractivity contribution is 7.92. The first kappa shape index (κ1) is 37.7. The van der Waals surface area contributed by atoms with Crippen LogP contribution in [-0.2, 0) is 34.6 Å². The SMILES string of the molecule is CC[C@]1(C(=O)N2CCC(c3ccc(C(F)(C(F)(F)F)C(F)(F)F)cc3)(S(=O)(=O)c3cccc(C)c3)C2)CC[C@H](C(=O)OC(C)(C)C)CC1. The number of nitrogens with zero attached hydrogens (tertiary/aromatic N) is 1. The van der Waals surface area contributed by atoms with Gasteiger partial charge in [-0.25, -0.2) is 12.8 Å². The van der Waals surface area contributed by atoms with Gasteiger partial charge in [-0.1, -0.05) is 43.3 Å². The molecule has 1 amide bonds. The number of ether oxygens (including phenoxy) is 1. The van der Waals surface area contributed by atoms with E-state index in [2.05, 4.69) is 0 Å². The third-order valence-electron chi connectivity index (χ3n) is 9.74. The second-order valence-corrected chi connectivity index (χ2v) is 16.2. The van der Waals surface area contributed by atoms with Crippen LogP contribution in [-0.4, -0.2) is 56.2 Å². The molecule has 1 aliphatic heterocycles. The maximum Gasteiger partial charge on any atom is 0.435 e. The summed E-state index contributed by atoms with van der Waals surface area (Å²) in [6, 6.07) is 8.01. The lowest BCUT2D eigenvalue weighted by Crippen LogP contribution is -2.50. The first-order valence-corrected chi connectivity index (χ1v) is 17.2. The van der Waals surface area contributed by atoms with Crippen molar-refractivity contribution in [3.63, 3.8) is 0 Å². The van der Waals surface area contributed by atoms with Gasteiger partial charge >= 0.3 is 24.0 Å². The molecule has 2 fully saturated rings. The molecule has 1 saturated heterocycles. The highest BCUT2D eigenvalue weighted by atomic mass is 32.2. The second kappa shape index (κ2) is 12.6. The number of carbonyl (C=O) groups is 2. The van der Waals surface area contributed by atoms with Gasteiger partial charge in [-0.05, 0) is 89.5 Å². The Labute approximate surface area is 275 Å². The molecule has 0 spiro atoms. The summed E-state index contributed by atoms with van der Waals surface area (Å²) >= 11 is 0. The summed E-state index contributed by atoms with van der Waals surface area (Å²) in [6.07, 6.45) is -11.1. The van der Waals surface area contributed by atoms with E-state index in [1.165, 1.54) is 23.1 Å². The maximum atomic E-state index is 14.8. The molecule has 1 heterocycles. The van der Waals surface area contributed by atoms with Gasteiger partial charge in [0.25, 0.3) is 0 Å². The number of sulfone groups is 1. The number of aryl methyl sites for hydroxylation is 1. The van der Waals surface area contributed by atoms with Crippen LogP contribution in [0, 0.1) is 18.3 Å². The lowest BCUT2D eigenvalue weighted by atomic mass is 9.68. The highest BCUT2D eigenvalue weighted by Crippen LogP contribution is 2.54. The molecule has 1 aliphatic carbocycles. The number of rotatable bonds is 7. The van der Waals surface area contributed by atoms with E-state index in [0.29, 0.717) is 49.8 Å². The van der Waals surface area contributed by atoms with Gasteiger partial charge in [0.15, 0.2) is 9.84 Å². The van der Waals surface area contributed by atoms with Crippen LogP contribution in [0.25, 0.3) is 0 Å². The Morgan fingerprint density at radius 2 is 1.46 bits per heavy atom. The monoisotopic (exact) mass is 707 g/mol. The van der Waals surface area contributed by atoms with Crippen LogP contribution in [0.2, 0.25) is 0 Å². The largest absolute Gasteiger partial charge is 0.460 e. The predicted molar refractivity (Wildman–Crippen MR) is 163 cm³/mol. The molecule has 48 heavy (non-hydrogen) atoms. The van der Waals surface area contributed by atoms with Crippen LogP contribution >= 0.6 is 0 Å². The minimum absolute atomic E-state index is 0.0684. The van der Waals surface area contributed by atoms with Gasteiger partial charge in [0, 0.05) is 24.1 Å². The van der Waals surface area contributed by atoms with Crippen molar-refractivity contribution in [1.82, 2.24) is 4.90 Å². The quantitative estimate of drug-likeness (QED) is 0.215. The van der Waals surface area contributed by atoms with Crippen molar-refractivity contribution in [3.8, 4) is 0 Å².